The minimum atomic E-state index is -1.26. The predicted molar refractivity (Wildman–Crippen MR) is 65.4 cm³/mol. The van der Waals surface area contributed by atoms with Crippen LogP contribution in [0.25, 0.3) is 0 Å². The fourth-order valence-electron chi connectivity index (χ4n) is 1.35. The molecule has 19 heavy (non-hydrogen) atoms. The van der Waals surface area contributed by atoms with Gasteiger partial charge in [-0.15, -0.1) is 0 Å². The van der Waals surface area contributed by atoms with E-state index in [0.717, 1.165) is 0 Å². The third kappa shape index (κ3) is 6.05. The van der Waals surface area contributed by atoms with Gasteiger partial charge >= 0.3 is 18.0 Å². The van der Waals surface area contributed by atoms with Gasteiger partial charge in [0.1, 0.15) is 12.1 Å². The summed E-state index contributed by atoms with van der Waals surface area (Å²) in [4.78, 5) is 33.8. The van der Waals surface area contributed by atoms with Crippen LogP contribution < -0.4 is 10.6 Å². The SMILES string of the molecule is COC(=O)C(NC(=O)N[C@H](CCO)C(=O)O)C(C)C. The first-order chi connectivity index (χ1) is 8.83. The van der Waals surface area contributed by atoms with Crippen LogP contribution in [-0.4, -0.2) is 54.0 Å². The van der Waals surface area contributed by atoms with Crippen molar-refractivity contribution in [2.24, 2.45) is 5.92 Å². The van der Waals surface area contributed by atoms with Crippen LogP contribution in [0.2, 0.25) is 0 Å². The molecule has 0 aromatic carbocycles. The van der Waals surface area contributed by atoms with Crippen molar-refractivity contribution in [2.45, 2.75) is 32.4 Å². The fourth-order valence-corrected chi connectivity index (χ4v) is 1.35. The number of urea groups is 1. The second-order valence-corrected chi connectivity index (χ2v) is 4.27. The topological polar surface area (TPSA) is 125 Å². The Kier molecular flexibility index (Phi) is 7.50. The number of aliphatic carboxylic acids is 1. The number of carboxylic acids is 1. The molecular formula is C11H20N2O6. The van der Waals surface area contributed by atoms with Crippen LogP contribution in [0.4, 0.5) is 4.79 Å². The molecule has 0 saturated carbocycles. The summed E-state index contributed by atoms with van der Waals surface area (Å²) in [5.41, 5.74) is 0. The molecule has 0 radical (unpaired) electrons. The highest BCUT2D eigenvalue weighted by Gasteiger charge is 2.27. The van der Waals surface area contributed by atoms with Crippen LogP contribution in [0.15, 0.2) is 0 Å². The van der Waals surface area contributed by atoms with Crippen LogP contribution in [0.5, 0.6) is 0 Å². The Balaban J connectivity index is 4.56. The number of hydrogen-bond acceptors (Lipinski definition) is 5. The predicted octanol–water partition coefficient (Wildman–Crippen LogP) is -0.681. The van der Waals surface area contributed by atoms with Crippen molar-refractivity contribution in [3.8, 4) is 0 Å². The molecule has 0 aliphatic rings. The van der Waals surface area contributed by atoms with Gasteiger partial charge < -0.3 is 25.6 Å². The summed E-state index contributed by atoms with van der Waals surface area (Å²) in [5, 5.41) is 22.0. The number of rotatable bonds is 7. The zero-order valence-corrected chi connectivity index (χ0v) is 11.2. The molecule has 8 heteroatoms. The summed E-state index contributed by atoms with van der Waals surface area (Å²) < 4.78 is 4.54. The van der Waals surface area contributed by atoms with Crippen molar-refractivity contribution in [1.82, 2.24) is 10.6 Å². The minimum absolute atomic E-state index is 0.118. The normalized spacial score (nSPS) is 13.5. The van der Waals surface area contributed by atoms with E-state index in [1.54, 1.807) is 13.8 Å². The van der Waals surface area contributed by atoms with E-state index < -0.39 is 30.1 Å². The molecule has 0 rings (SSSR count). The van der Waals surface area contributed by atoms with E-state index in [4.69, 9.17) is 10.2 Å². The molecular weight excluding hydrogens is 256 g/mol. The van der Waals surface area contributed by atoms with Gasteiger partial charge in [0.25, 0.3) is 0 Å². The van der Waals surface area contributed by atoms with E-state index in [1.165, 1.54) is 7.11 Å². The van der Waals surface area contributed by atoms with Gasteiger partial charge in [0.15, 0.2) is 0 Å². The molecule has 0 fully saturated rings. The van der Waals surface area contributed by atoms with Gasteiger partial charge in [0.05, 0.1) is 7.11 Å². The van der Waals surface area contributed by atoms with E-state index in [1.807, 2.05) is 0 Å². The van der Waals surface area contributed by atoms with Gasteiger partial charge in [-0.3, -0.25) is 0 Å². The van der Waals surface area contributed by atoms with Crippen LogP contribution in [0.3, 0.4) is 0 Å². The molecule has 0 aliphatic heterocycles. The Morgan fingerprint density at radius 2 is 1.79 bits per heavy atom. The Hall–Kier alpha value is -1.83. The molecule has 2 amide bonds. The van der Waals surface area contributed by atoms with E-state index >= 15 is 0 Å². The molecule has 1 unspecified atom stereocenters. The maximum absolute atomic E-state index is 11.6. The largest absolute Gasteiger partial charge is 0.480 e. The first kappa shape index (κ1) is 17.2. The first-order valence-corrected chi connectivity index (χ1v) is 5.82. The summed E-state index contributed by atoms with van der Waals surface area (Å²) in [5.74, 6) is -2.08. The molecule has 0 aliphatic carbocycles. The third-order valence-electron chi connectivity index (χ3n) is 2.43. The smallest absolute Gasteiger partial charge is 0.328 e. The Bertz CT molecular complexity index is 331. The lowest BCUT2D eigenvalue weighted by Crippen LogP contribution is -2.53. The Labute approximate surface area is 111 Å². The Morgan fingerprint density at radius 1 is 1.21 bits per heavy atom. The van der Waals surface area contributed by atoms with Gasteiger partial charge in [-0.05, 0) is 5.92 Å². The summed E-state index contributed by atoms with van der Waals surface area (Å²) >= 11 is 0. The number of esters is 1. The van der Waals surface area contributed by atoms with Gasteiger partial charge in [-0.25, -0.2) is 14.4 Å². The number of carbonyl (C=O) groups excluding carboxylic acids is 2. The average Bonchev–Trinajstić information content (AvgIpc) is 2.34. The van der Waals surface area contributed by atoms with Gasteiger partial charge in [-0.2, -0.15) is 0 Å². The number of carbonyl (C=O) groups is 3. The summed E-state index contributed by atoms with van der Waals surface area (Å²) in [6.45, 7) is 3.05. The molecule has 0 aromatic heterocycles. The molecule has 0 heterocycles. The van der Waals surface area contributed by atoms with Gasteiger partial charge in [0.2, 0.25) is 0 Å². The van der Waals surface area contributed by atoms with Crippen LogP contribution in [0, 0.1) is 5.92 Å². The van der Waals surface area contributed by atoms with Crippen LogP contribution in [-0.2, 0) is 14.3 Å². The van der Waals surface area contributed by atoms with Crippen LogP contribution in [0.1, 0.15) is 20.3 Å². The van der Waals surface area contributed by atoms with Crippen molar-refractivity contribution in [1.29, 1.82) is 0 Å². The van der Waals surface area contributed by atoms with Crippen molar-refractivity contribution >= 4 is 18.0 Å². The van der Waals surface area contributed by atoms with Crippen LogP contribution >= 0.6 is 0 Å². The number of amides is 2. The fraction of sp³-hybridized carbons (Fsp3) is 0.727. The van der Waals surface area contributed by atoms with Gasteiger partial charge in [-0.1, -0.05) is 13.8 Å². The quantitative estimate of drug-likeness (QED) is 0.456. The standard InChI is InChI=1S/C11H20N2O6/c1-6(2)8(10(17)19-3)13-11(18)12-7(4-5-14)9(15)16/h6-8,14H,4-5H2,1-3H3,(H,15,16)(H2,12,13,18)/t7-,8?/m1/s1. The summed E-state index contributed by atoms with van der Waals surface area (Å²) in [6.07, 6.45) is -0.118. The maximum atomic E-state index is 11.6. The Morgan fingerprint density at radius 3 is 2.16 bits per heavy atom. The number of aliphatic hydroxyl groups excluding tert-OH is 1. The zero-order valence-electron chi connectivity index (χ0n) is 11.2. The molecule has 0 aromatic rings. The number of methoxy groups -OCH3 is 1. The van der Waals surface area contributed by atoms with Crippen molar-refractivity contribution in [3.05, 3.63) is 0 Å². The van der Waals surface area contributed by atoms with Crippen molar-refractivity contribution in [3.63, 3.8) is 0 Å². The highest BCUT2D eigenvalue weighted by molar-refractivity contribution is 5.86. The van der Waals surface area contributed by atoms with Crippen molar-refractivity contribution in [2.75, 3.05) is 13.7 Å². The molecule has 0 spiro atoms. The van der Waals surface area contributed by atoms with E-state index in [0.29, 0.717) is 0 Å². The summed E-state index contributed by atoms with van der Waals surface area (Å²) in [6, 6.07) is -2.88. The molecule has 2 atom stereocenters. The van der Waals surface area contributed by atoms with E-state index in [9.17, 15) is 14.4 Å². The van der Waals surface area contributed by atoms with Crippen molar-refractivity contribution < 1.29 is 29.3 Å². The number of aliphatic hydroxyl groups is 1. The summed E-state index contributed by atoms with van der Waals surface area (Å²) in [7, 11) is 1.20. The van der Waals surface area contributed by atoms with E-state index in [-0.39, 0.29) is 18.9 Å². The monoisotopic (exact) mass is 276 g/mol. The average molecular weight is 276 g/mol. The number of hydrogen-bond donors (Lipinski definition) is 4. The van der Waals surface area contributed by atoms with E-state index in [2.05, 4.69) is 15.4 Å². The first-order valence-electron chi connectivity index (χ1n) is 5.82. The molecule has 0 bridgehead atoms. The molecule has 110 valence electrons. The lowest BCUT2D eigenvalue weighted by molar-refractivity contribution is -0.144. The highest BCUT2D eigenvalue weighted by Crippen LogP contribution is 2.03. The number of nitrogens with one attached hydrogen (secondary N) is 2. The molecule has 0 saturated heterocycles. The maximum Gasteiger partial charge on any atom is 0.328 e. The molecule has 8 nitrogen and oxygen atoms in total. The zero-order chi connectivity index (χ0) is 15.0. The minimum Gasteiger partial charge on any atom is -0.480 e. The lowest BCUT2D eigenvalue weighted by atomic mass is 10.1. The second kappa shape index (κ2) is 8.30. The van der Waals surface area contributed by atoms with Gasteiger partial charge in [0, 0.05) is 13.0 Å². The third-order valence-corrected chi connectivity index (χ3v) is 2.43. The second-order valence-electron chi connectivity index (χ2n) is 4.27. The number of ether oxygens (including phenoxy) is 1. The number of carboxylic acid groups (broad SMARTS) is 1. The highest BCUT2D eigenvalue weighted by atomic mass is 16.5. The lowest BCUT2D eigenvalue weighted by Gasteiger charge is -2.21. The molecule has 4 N–H and O–H groups in total.